The molecule has 0 aliphatic heterocycles. The summed E-state index contributed by atoms with van der Waals surface area (Å²) >= 11 is 0. The smallest absolute Gasteiger partial charge is 0.318 e. The predicted molar refractivity (Wildman–Crippen MR) is 72.4 cm³/mol. The molecule has 106 valence electrons. The van der Waals surface area contributed by atoms with Gasteiger partial charge in [-0.05, 0) is 25.2 Å². The lowest BCUT2D eigenvalue weighted by Crippen LogP contribution is -2.53. The van der Waals surface area contributed by atoms with Crippen molar-refractivity contribution in [3.8, 4) is 0 Å². The first kappa shape index (κ1) is 13.8. The third-order valence-electron chi connectivity index (χ3n) is 3.66. The van der Waals surface area contributed by atoms with Gasteiger partial charge in [0.25, 0.3) is 0 Å². The SMILES string of the molecule is CCN(C(=O)NCc1ncn(C)n1)C1CC(C)(C)C1. The summed E-state index contributed by atoms with van der Waals surface area (Å²) in [5.41, 5.74) is 0.376. The van der Waals surface area contributed by atoms with Crippen LogP contribution < -0.4 is 5.32 Å². The highest BCUT2D eigenvalue weighted by Gasteiger charge is 2.40. The third-order valence-corrected chi connectivity index (χ3v) is 3.66. The standard InChI is InChI=1S/C13H23N5O/c1-5-18(10-6-13(2,3)7-10)12(19)14-8-11-15-9-17(4)16-11/h9-10H,5-8H2,1-4H3,(H,14,19). The molecule has 6 heteroatoms. The highest BCUT2D eigenvalue weighted by atomic mass is 16.2. The molecule has 1 heterocycles. The Kier molecular flexibility index (Phi) is 3.78. The molecule has 0 radical (unpaired) electrons. The molecule has 0 aromatic carbocycles. The minimum Gasteiger partial charge on any atom is -0.331 e. The van der Waals surface area contributed by atoms with Crippen LogP contribution in [0.2, 0.25) is 0 Å². The molecule has 2 rings (SSSR count). The van der Waals surface area contributed by atoms with Crippen molar-refractivity contribution in [2.45, 2.75) is 46.2 Å². The summed E-state index contributed by atoms with van der Waals surface area (Å²) in [6.45, 7) is 7.62. The van der Waals surface area contributed by atoms with Crippen LogP contribution in [0.3, 0.4) is 0 Å². The first-order valence-electron chi connectivity index (χ1n) is 6.80. The molecule has 0 saturated heterocycles. The Morgan fingerprint density at radius 2 is 2.26 bits per heavy atom. The topological polar surface area (TPSA) is 63.1 Å². The van der Waals surface area contributed by atoms with Gasteiger partial charge in [0, 0.05) is 19.6 Å². The van der Waals surface area contributed by atoms with Crippen LogP contribution in [-0.4, -0.2) is 38.3 Å². The Bertz CT molecular complexity index is 446. The van der Waals surface area contributed by atoms with Gasteiger partial charge in [0.05, 0.1) is 6.54 Å². The van der Waals surface area contributed by atoms with Gasteiger partial charge in [-0.2, -0.15) is 5.10 Å². The third kappa shape index (κ3) is 3.24. The molecule has 1 saturated carbocycles. The fraction of sp³-hybridized carbons (Fsp3) is 0.769. The summed E-state index contributed by atoms with van der Waals surface area (Å²) in [5.74, 6) is 0.640. The molecule has 1 aromatic heterocycles. The van der Waals surface area contributed by atoms with Gasteiger partial charge in [0.1, 0.15) is 6.33 Å². The molecule has 0 bridgehead atoms. The summed E-state index contributed by atoms with van der Waals surface area (Å²) in [6, 6.07) is 0.354. The van der Waals surface area contributed by atoms with Crippen molar-refractivity contribution in [1.82, 2.24) is 25.0 Å². The fourth-order valence-corrected chi connectivity index (χ4v) is 2.73. The highest BCUT2D eigenvalue weighted by molar-refractivity contribution is 5.74. The van der Waals surface area contributed by atoms with Gasteiger partial charge in [-0.15, -0.1) is 0 Å². The predicted octanol–water partition coefficient (Wildman–Crippen LogP) is 1.54. The van der Waals surface area contributed by atoms with E-state index in [9.17, 15) is 4.79 Å². The van der Waals surface area contributed by atoms with Crippen molar-refractivity contribution >= 4 is 6.03 Å². The zero-order valence-corrected chi connectivity index (χ0v) is 12.2. The van der Waals surface area contributed by atoms with E-state index in [2.05, 4.69) is 29.2 Å². The van der Waals surface area contributed by atoms with Crippen molar-refractivity contribution < 1.29 is 4.79 Å². The van der Waals surface area contributed by atoms with Crippen LogP contribution >= 0.6 is 0 Å². The number of nitrogens with zero attached hydrogens (tertiary/aromatic N) is 4. The lowest BCUT2D eigenvalue weighted by Gasteiger charge is -2.47. The van der Waals surface area contributed by atoms with Gasteiger partial charge in [-0.1, -0.05) is 13.8 Å². The minimum atomic E-state index is -0.0181. The van der Waals surface area contributed by atoms with Gasteiger partial charge in [0.15, 0.2) is 5.82 Å². The fourth-order valence-electron chi connectivity index (χ4n) is 2.73. The first-order chi connectivity index (χ1) is 8.91. The van der Waals surface area contributed by atoms with Gasteiger partial charge in [0.2, 0.25) is 0 Å². The highest BCUT2D eigenvalue weighted by Crippen LogP contribution is 2.42. The average molecular weight is 265 g/mol. The number of rotatable bonds is 4. The van der Waals surface area contributed by atoms with E-state index < -0.39 is 0 Å². The van der Waals surface area contributed by atoms with E-state index in [1.54, 1.807) is 11.0 Å². The van der Waals surface area contributed by atoms with E-state index in [-0.39, 0.29) is 6.03 Å². The number of amides is 2. The maximum absolute atomic E-state index is 12.2. The molecule has 6 nitrogen and oxygen atoms in total. The average Bonchev–Trinajstić information content (AvgIpc) is 2.71. The second-order valence-electron chi connectivity index (χ2n) is 6.01. The zero-order valence-electron chi connectivity index (χ0n) is 12.2. The summed E-state index contributed by atoms with van der Waals surface area (Å²) in [4.78, 5) is 18.2. The van der Waals surface area contributed by atoms with Gasteiger partial charge in [-0.3, -0.25) is 4.68 Å². The zero-order chi connectivity index (χ0) is 14.0. The van der Waals surface area contributed by atoms with E-state index in [4.69, 9.17) is 0 Å². The van der Waals surface area contributed by atoms with Gasteiger partial charge in [-0.25, -0.2) is 9.78 Å². The number of urea groups is 1. The van der Waals surface area contributed by atoms with Crippen LogP contribution in [0.4, 0.5) is 4.79 Å². The minimum absolute atomic E-state index is 0.0181. The van der Waals surface area contributed by atoms with Crippen molar-refractivity contribution in [2.24, 2.45) is 12.5 Å². The number of nitrogens with one attached hydrogen (secondary N) is 1. The lowest BCUT2D eigenvalue weighted by molar-refractivity contribution is 0.0496. The van der Waals surface area contributed by atoms with Gasteiger partial charge < -0.3 is 10.2 Å². The number of aromatic nitrogens is 3. The molecule has 1 aliphatic carbocycles. The molecule has 1 aliphatic rings. The van der Waals surface area contributed by atoms with Crippen molar-refractivity contribution in [2.75, 3.05) is 6.54 Å². The van der Waals surface area contributed by atoms with E-state index >= 15 is 0 Å². The molecular weight excluding hydrogens is 242 g/mol. The summed E-state index contributed by atoms with van der Waals surface area (Å²) in [7, 11) is 1.81. The Balaban J connectivity index is 1.84. The number of hydrogen-bond acceptors (Lipinski definition) is 3. The number of hydrogen-bond donors (Lipinski definition) is 1. The van der Waals surface area contributed by atoms with Crippen molar-refractivity contribution in [1.29, 1.82) is 0 Å². The molecule has 0 unspecified atom stereocenters. The number of carbonyl (C=O) groups is 1. The van der Waals surface area contributed by atoms with E-state index in [1.165, 1.54) is 0 Å². The van der Waals surface area contributed by atoms with Crippen molar-refractivity contribution in [3.63, 3.8) is 0 Å². The van der Waals surface area contributed by atoms with E-state index in [0.717, 1.165) is 19.4 Å². The maximum atomic E-state index is 12.2. The van der Waals surface area contributed by atoms with Crippen LogP contribution in [0, 0.1) is 5.41 Å². The number of aryl methyl sites for hydroxylation is 1. The van der Waals surface area contributed by atoms with E-state index in [0.29, 0.717) is 23.8 Å². The molecule has 1 fully saturated rings. The maximum Gasteiger partial charge on any atom is 0.318 e. The Morgan fingerprint density at radius 3 is 2.74 bits per heavy atom. The normalized spacial score (nSPS) is 17.9. The monoisotopic (exact) mass is 265 g/mol. The second kappa shape index (κ2) is 5.19. The summed E-state index contributed by atoms with van der Waals surface area (Å²) < 4.78 is 1.63. The van der Waals surface area contributed by atoms with Gasteiger partial charge >= 0.3 is 6.03 Å². The lowest BCUT2D eigenvalue weighted by atomic mass is 9.68. The van der Waals surface area contributed by atoms with Crippen LogP contribution in [0.5, 0.6) is 0 Å². The largest absolute Gasteiger partial charge is 0.331 e. The molecular formula is C13H23N5O. The first-order valence-corrected chi connectivity index (χ1v) is 6.80. The number of carbonyl (C=O) groups excluding carboxylic acids is 1. The molecule has 19 heavy (non-hydrogen) atoms. The second-order valence-corrected chi connectivity index (χ2v) is 6.01. The van der Waals surface area contributed by atoms with Crippen LogP contribution in [-0.2, 0) is 13.6 Å². The Morgan fingerprint density at radius 1 is 1.58 bits per heavy atom. The molecule has 0 atom stereocenters. The van der Waals surface area contributed by atoms with Crippen LogP contribution in [0.15, 0.2) is 6.33 Å². The van der Waals surface area contributed by atoms with E-state index in [1.807, 2.05) is 18.9 Å². The quantitative estimate of drug-likeness (QED) is 0.898. The summed E-state index contributed by atoms with van der Waals surface area (Å²) in [6.07, 6.45) is 3.79. The summed E-state index contributed by atoms with van der Waals surface area (Å²) in [5, 5.41) is 7.03. The van der Waals surface area contributed by atoms with Crippen molar-refractivity contribution in [3.05, 3.63) is 12.2 Å². The Hall–Kier alpha value is -1.59. The molecule has 1 aromatic rings. The molecule has 1 N–H and O–H groups in total. The molecule has 0 spiro atoms. The Labute approximate surface area is 114 Å². The molecule has 2 amide bonds. The van der Waals surface area contributed by atoms with Crippen LogP contribution in [0.25, 0.3) is 0 Å². The van der Waals surface area contributed by atoms with Crippen LogP contribution in [0.1, 0.15) is 39.4 Å².